The fraction of sp³-hybridized carbons (Fsp3) is 0.714. The van der Waals surface area contributed by atoms with E-state index in [2.05, 4.69) is 18.8 Å². The summed E-state index contributed by atoms with van der Waals surface area (Å²) in [6.45, 7) is 8.45. The van der Waals surface area contributed by atoms with Gasteiger partial charge in [0.2, 0.25) is 0 Å². The maximum Gasteiger partial charge on any atom is 0.0690 e. The molecule has 0 aliphatic carbocycles. The van der Waals surface area contributed by atoms with Crippen molar-refractivity contribution in [1.82, 2.24) is 5.32 Å². The third-order valence-corrected chi connectivity index (χ3v) is 1.38. The fourth-order valence-corrected chi connectivity index (χ4v) is 0.822. The lowest BCUT2D eigenvalue weighted by Gasteiger charge is -2.05. The van der Waals surface area contributed by atoms with Gasteiger partial charge in [-0.1, -0.05) is 6.58 Å². The highest BCUT2D eigenvalue weighted by Gasteiger charge is 2.06. The predicted molar refractivity (Wildman–Crippen MR) is 44.7 cm³/mol. The van der Waals surface area contributed by atoms with Gasteiger partial charge in [0.15, 0.2) is 0 Å². The zero-order chi connectivity index (χ0) is 6.69. The summed E-state index contributed by atoms with van der Waals surface area (Å²) in [5.74, 6) is 0. The van der Waals surface area contributed by atoms with Crippen molar-refractivity contribution < 1.29 is 4.74 Å². The molecule has 0 aromatic rings. The lowest BCUT2D eigenvalue weighted by Crippen LogP contribution is -2.23. The summed E-state index contributed by atoms with van der Waals surface area (Å²) in [7, 11) is 0. The van der Waals surface area contributed by atoms with Crippen LogP contribution in [0.1, 0.15) is 6.92 Å². The van der Waals surface area contributed by atoms with E-state index in [0.717, 1.165) is 18.7 Å². The molecule has 10 heavy (non-hydrogen) atoms. The first kappa shape index (κ1) is 9.95. The lowest BCUT2D eigenvalue weighted by molar-refractivity contribution is 0.0941. The van der Waals surface area contributed by atoms with E-state index in [1.54, 1.807) is 0 Å². The molecule has 3 heteroatoms. The minimum Gasteiger partial charge on any atom is -0.373 e. The Hall–Kier alpha value is -0.0500. The second kappa shape index (κ2) is 4.72. The van der Waals surface area contributed by atoms with Crippen molar-refractivity contribution in [1.29, 1.82) is 0 Å². The monoisotopic (exact) mass is 163 g/mol. The number of halogens is 1. The van der Waals surface area contributed by atoms with E-state index >= 15 is 0 Å². The van der Waals surface area contributed by atoms with Crippen LogP contribution in [0.25, 0.3) is 0 Å². The van der Waals surface area contributed by atoms with E-state index in [0.29, 0.717) is 12.7 Å². The number of hydrogen-bond acceptors (Lipinski definition) is 2. The minimum atomic E-state index is 0. The van der Waals surface area contributed by atoms with E-state index in [4.69, 9.17) is 4.74 Å². The van der Waals surface area contributed by atoms with Crippen molar-refractivity contribution in [3.05, 3.63) is 12.2 Å². The SMILES string of the molecule is C=C1CNCC(C)OC1.Cl. The summed E-state index contributed by atoms with van der Waals surface area (Å²) in [6.07, 6.45) is 0.337. The Bertz CT molecular complexity index is 116. The third-order valence-electron chi connectivity index (χ3n) is 1.38. The summed E-state index contributed by atoms with van der Waals surface area (Å²) in [5, 5.41) is 3.22. The maximum absolute atomic E-state index is 5.35. The molecule has 1 unspecified atom stereocenters. The summed E-state index contributed by atoms with van der Waals surface area (Å²) >= 11 is 0. The number of nitrogens with one attached hydrogen (secondary N) is 1. The number of rotatable bonds is 0. The summed E-state index contributed by atoms with van der Waals surface area (Å²) < 4.78 is 5.35. The standard InChI is InChI=1S/C7H13NO.ClH/c1-6-3-8-4-7(2)9-5-6;/h7-8H,1,3-5H2,2H3;1H. The van der Waals surface area contributed by atoms with Gasteiger partial charge < -0.3 is 10.1 Å². The first-order valence-electron chi connectivity index (χ1n) is 3.28. The average molecular weight is 164 g/mol. The quantitative estimate of drug-likeness (QED) is 0.538. The molecule has 1 rings (SSSR count). The van der Waals surface area contributed by atoms with Crippen LogP contribution in [0.5, 0.6) is 0 Å². The zero-order valence-electron chi connectivity index (χ0n) is 6.22. The number of hydrogen-bond donors (Lipinski definition) is 1. The van der Waals surface area contributed by atoms with Crippen LogP contribution in [0.2, 0.25) is 0 Å². The van der Waals surface area contributed by atoms with Crippen LogP contribution in [-0.2, 0) is 4.74 Å². The minimum absolute atomic E-state index is 0. The summed E-state index contributed by atoms with van der Waals surface area (Å²) in [6, 6.07) is 0. The van der Waals surface area contributed by atoms with Crippen LogP contribution in [0, 0.1) is 0 Å². The van der Waals surface area contributed by atoms with Crippen LogP contribution in [0.15, 0.2) is 12.2 Å². The smallest absolute Gasteiger partial charge is 0.0690 e. The van der Waals surface area contributed by atoms with Crippen LogP contribution in [-0.4, -0.2) is 25.8 Å². The molecular formula is C7H14ClNO. The fourth-order valence-electron chi connectivity index (χ4n) is 0.822. The van der Waals surface area contributed by atoms with Gasteiger partial charge in [0.05, 0.1) is 12.7 Å². The molecule has 0 aromatic carbocycles. The van der Waals surface area contributed by atoms with E-state index in [1.807, 2.05) is 0 Å². The molecule has 1 aliphatic rings. The van der Waals surface area contributed by atoms with Crippen molar-refractivity contribution in [2.24, 2.45) is 0 Å². The molecule has 0 amide bonds. The Morgan fingerprint density at radius 2 is 2.40 bits per heavy atom. The third kappa shape index (κ3) is 3.20. The van der Waals surface area contributed by atoms with Gasteiger partial charge in [0.1, 0.15) is 0 Å². The molecule has 0 aromatic heterocycles. The molecule has 1 atom stereocenters. The van der Waals surface area contributed by atoms with Crippen LogP contribution in [0.4, 0.5) is 0 Å². The van der Waals surface area contributed by atoms with E-state index in [1.165, 1.54) is 0 Å². The van der Waals surface area contributed by atoms with Gasteiger partial charge in [-0.05, 0) is 12.5 Å². The maximum atomic E-state index is 5.35. The molecule has 1 aliphatic heterocycles. The highest BCUT2D eigenvalue weighted by atomic mass is 35.5. The largest absolute Gasteiger partial charge is 0.373 e. The Morgan fingerprint density at radius 3 is 3.10 bits per heavy atom. The molecule has 0 radical (unpaired) electrons. The van der Waals surface area contributed by atoms with Gasteiger partial charge in [0, 0.05) is 13.1 Å². The molecule has 0 spiro atoms. The second-order valence-electron chi connectivity index (χ2n) is 2.50. The van der Waals surface area contributed by atoms with Crippen molar-refractivity contribution in [2.75, 3.05) is 19.7 Å². The van der Waals surface area contributed by atoms with Crippen molar-refractivity contribution in [3.63, 3.8) is 0 Å². The van der Waals surface area contributed by atoms with Crippen molar-refractivity contribution in [2.45, 2.75) is 13.0 Å². The van der Waals surface area contributed by atoms with Gasteiger partial charge in [0.25, 0.3) is 0 Å². The lowest BCUT2D eigenvalue weighted by atomic mass is 10.3. The van der Waals surface area contributed by atoms with Gasteiger partial charge in [-0.2, -0.15) is 0 Å². The van der Waals surface area contributed by atoms with Crippen LogP contribution < -0.4 is 5.32 Å². The molecule has 2 nitrogen and oxygen atoms in total. The topological polar surface area (TPSA) is 21.3 Å². The molecule has 1 saturated heterocycles. The van der Waals surface area contributed by atoms with Crippen LogP contribution >= 0.6 is 12.4 Å². The molecule has 1 fully saturated rings. The highest BCUT2D eigenvalue weighted by molar-refractivity contribution is 5.85. The van der Waals surface area contributed by atoms with E-state index in [-0.39, 0.29) is 12.4 Å². The highest BCUT2D eigenvalue weighted by Crippen LogP contribution is 1.98. The van der Waals surface area contributed by atoms with E-state index in [9.17, 15) is 0 Å². The van der Waals surface area contributed by atoms with Gasteiger partial charge in [-0.3, -0.25) is 0 Å². The van der Waals surface area contributed by atoms with Gasteiger partial charge in [-0.15, -0.1) is 12.4 Å². The van der Waals surface area contributed by atoms with Crippen LogP contribution in [0.3, 0.4) is 0 Å². The van der Waals surface area contributed by atoms with Crippen molar-refractivity contribution >= 4 is 12.4 Å². The van der Waals surface area contributed by atoms with Crippen molar-refractivity contribution in [3.8, 4) is 0 Å². The Labute approximate surface area is 68.0 Å². The first-order chi connectivity index (χ1) is 4.29. The van der Waals surface area contributed by atoms with E-state index < -0.39 is 0 Å². The Kier molecular flexibility index (Phi) is 4.69. The molecule has 60 valence electrons. The Morgan fingerprint density at radius 1 is 1.70 bits per heavy atom. The average Bonchev–Trinajstić information content (AvgIpc) is 1.97. The normalized spacial score (nSPS) is 26.9. The first-order valence-corrected chi connectivity index (χ1v) is 3.28. The molecule has 1 N–H and O–H groups in total. The van der Waals surface area contributed by atoms with Gasteiger partial charge in [-0.25, -0.2) is 0 Å². The summed E-state index contributed by atoms with van der Waals surface area (Å²) in [4.78, 5) is 0. The molecule has 0 bridgehead atoms. The predicted octanol–water partition coefficient (Wildman–Crippen LogP) is 0.973. The summed E-state index contributed by atoms with van der Waals surface area (Å²) in [5.41, 5.74) is 1.14. The molecule has 0 saturated carbocycles. The zero-order valence-corrected chi connectivity index (χ0v) is 7.04. The second-order valence-corrected chi connectivity index (χ2v) is 2.50. The van der Waals surface area contributed by atoms with Gasteiger partial charge >= 0.3 is 0 Å². The number of ether oxygens (including phenoxy) is 1. The molecular weight excluding hydrogens is 150 g/mol. The Balaban J connectivity index is 0.000000810. The molecule has 1 heterocycles.